The third-order valence-electron chi connectivity index (χ3n) is 3.37. The van der Waals surface area contributed by atoms with Crippen LogP contribution in [-0.4, -0.2) is 24.9 Å². The van der Waals surface area contributed by atoms with Gasteiger partial charge in [-0.3, -0.25) is 0 Å². The molecule has 0 aromatic heterocycles. The monoisotopic (exact) mass is 324 g/mol. The van der Waals surface area contributed by atoms with E-state index in [9.17, 15) is 0 Å². The molecule has 0 unspecified atom stereocenters. The molecule has 1 saturated carbocycles. The minimum Gasteiger partial charge on any atom is -0.359 e. The second-order valence-corrected chi connectivity index (χ2v) is 5.27. The van der Waals surface area contributed by atoms with Crippen molar-refractivity contribution in [3.8, 4) is 0 Å². The van der Waals surface area contributed by atoms with Gasteiger partial charge >= 0.3 is 0 Å². The Bertz CT molecular complexity index is 206. The van der Waals surface area contributed by atoms with E-state index < -0.39 is 0 Å². The van der Waals surface area contributed by atoms with Gasteiger partial charge in [-0.1, -0.05) is 36.1 Å². The Hall–Kier alpha value is 0.390. The molecule has 0 spiro atoms. The lowest BCUT2D eigenvalue weighted by atomic mass is 9.88. The highest BCUT2D eigenvalue weighted by Gasteiger charge is 2.33. The zero-order valence-electron chi connectivity index (χ0n) is 9.67. The van der Waals surface area contributed by atoms with Gasteiger partial charge in [-0.05, 0) is 36.2 Å². The minimum absolute atomic E-state index is 0.371. The zero-order chi connectivity index (χ0) is 11.3. The molecule has 1 rings (SSSR count). The van der Waals surface area contributed by atoms with Crippen LogP contribution in [-0.2, 0) is 9.47 Å². The van der Waals surface area contributed by atoms with E-state index in [0.29, 0.717) is 19.3 Å². The molecule has 0 heterocycles. The van der Waals surface area contributed by atoms with E-state index >= 15 is 0 Å². The number of ether oxygens (including phenoxy) is 2. The quantitative estimate of drug-likeness (QED) is 0.245. The van der Waals surface area contributed by atoms with Gasteiger partial charge in [-0.25, -0.2) is 0 Å². The number of halogens is 1. The first-order chi connectivity index (χ1) is 7.20. The summed E-state index contributed by atoms with van der Waals surface area (Å²) in [5.74, 6) is 2.30. The summed E-state index contributed by atoms with van der Waals surface area (Å²) >= 11 is 2.49. The Labute approximate surface area is 107 Å². The topological polar surface area (TPSA) is 18.5 Å². The molecular formula is C12H21IO2. The van der Waals surface area contributed by atoms with Crippen LogP contribution >= 0.6 is 22.6 Å². The fraction of sp³-hybridized carbons (Fsp3) is 0.833. The molecule has 0 N–H and O–H groups in total. The van der Waals surface area contributed by atoms with E-state index in [1.54, 1.807) is 7.11 Å². The smallest absolute Gasteiger partial charge is 0.146 e. The van der Waals surface area contributed by atoms with Gasteiger partial charge in [0.15, 0.2) is 0 Å². The summed E-state index contributed by atoms with van der Waals surface area (Å²) < 4.78 is 11.5. The SMILES string of the molecule is C=C(COCOC)[C@@H]1CC[C@@H](C)[C@H]1CI. The van der Waals surface area contributed by atoms with Crippen LogP contribution in [0.1, 0.15) is 19.8 Å². The predicted molar refractivity (Wildman–Crippen MR) is 71.2 cm³/mol. The van der Waals surface area contributed by atoms with Crippen LogP contribution in [0.5, 0.6) is 0 Å². The molecule has 1 fully saturated rings. The van der Waals surface area contributed by atoms with E-state index in [1.807, 2.05) is 0 Å². The predicted octanol–water partition coefficient (Wildman–Crippen LogP) is 3.26. The highest BCUT2D eigenvalue weighted by molar-refractivity contribution is 14.1. The first kappa shape index (κ1) is 13.5. The first-order valence-electron chi connectivity index (χ1n) is 5.51. The second kappa shape index (κ2) is 6.86. The van der Waals surface area contributed by atoms with Gasteiger partial charge in [0, 0.05) is 11.5 Å². The van der Waals surface area contributed by atoms with Crippen molar-refractivity contribution < 1.29 is 9.47 Å². The standard InChI is InChI=1S/C12H21IO2/c1-9-4-5-11(12(9)6-13)10(2)7-15-8-14-3/h9,11-12H,2,4-8H2,1,3H3/t9-,11+,12-/m1/s1. The van der Waals surface area contributed by atoms with Gasteiger partial charge in [0.2, 0.25) is 0 Å². The van der Waals surface area contributed by atoms with Crippen molar-refractivity contribution in [2.24, 2.45) is 17.8 Å². The van der Waals surface area contributed by atoms with Crippen molar-refractivity contribution in [2.75, 3.05) is 24.9 Å². The Morgan fingerprint density at radius 3 is 2.80 bits per heavy atom. The molecule has 15 heavy (non-hydrogen) atoms. The number of methoxy groups -OCH3 is 1. The van der Waals surface area contributed by atoms with E-state index in [4.69, 9.17) is 9.47 Å². The summed E-state index contributed by atoms with van der Waals surface area (Å²) in [6.07, 6.45) is 2.62. The molecule has 3 heteroatoms. The van der Waals surface area contributed by atoms with Gasteiger partial charge in [0.25, 0.3) is 0 Å². The van der Waals surface area contributed by atoms with Crippen LogP contribution in [0.25, 0.3) is 0 Å². The summed E-state index contributed by atoms with van der Waals surface area (Å²) in [7, 11) is 1.65. The molecule has 0 aliphatic heterocycles. The number of alkyl halides is 1. The summed E-state index contributed by atoms with van der Waals surface area (Å²) in [4.78, 5) is 0. The van der Waals surface area contributed by atoms with Crippen LogP contribution < -0.4 is 0 Å². The lowest BCUT2D eigenvalue weighted by Gasteiger charge is -2.22. The molecule has 0 amide bonds. The van der Waals surface area contributed by atoms with Crippen LogP contribution in [0.2, 0.25) is 0 Å². The third-order valence-corrected chi connectivity index (χ3v) is 4.39. The fourth-order valence-corrected chi connectivity index (χ4v) is 3.88. The van der Waals surface area contributed by atoms with Crippen molar-refractivity contribution in [1.29, 1.82) is 0 Å². The Morgan fingerprint density at radius 1 is 1.47 bits per heavy atom. The fourth-order valence-electron chi connectivity index (χ4n) is 2.40. The normalized spacial score (nSPS) is 30.7. The van der Waals surface area contributed by atoms with Crippen molar-refractivity contribution in [1.82, 2.24) is 0 Å². The van der Waals surface area contributed by atoms with Crippen LogP contribution in [0.15, 0.2) is 12.2 Å². The molecule has 1 aliphatic rings. The molecule has 3 atom stereocenters. The molecule has 2 nitrogen and oxygen atoms in total. The lowest BCUT2D eigenvalue weighted by Crippen LogP contribution is -2.18. The Balaban J connectivity index is 2.38. The van der Waals surface area contributed by atoms with Gasteiger partial charge in [0.1, 0.15) is 6.79 Å². The molecule has 0 saturated heterocycles. The summed E-state index contributed by atoms with van der Waals surface area (Å²) in [5, 5.41) is 0. The van der Waals surface area contributed by atoms with Gasteiger partial charge in [-0.15, -0.1) is 0 Å². The van der Waals surface area contributed by atoms with Gasteiger partial charge in [0.05, 0.1) is 6.61 Å². The first-order valence-corrected chi connectivity index (χ1v) is 7.03. The van der Waals surface area contributed by atoms with Crippen LogP contribution in [0, 0.1) is 17.8 Å². The summed E-state index contributed by atoms with van der Waals surface area (Å²) in [6.45, 7) is 7.53. The van der Waals surface area contributed by atoms with Crippen molar-refractivity contribution in [3.63, 3.8) is 0 Å². The van der Waals surface area contributed by atoms with Crippen LogP contribution in [0.4, 0.5) is 0 Å². The molecule has 88 valence electrons. The summed E-state index contributed by atoms with van der Waals surface area (Å²) in [6, 6.07) is 0. The molecular weight excluding hydrogens is 303 g/mol. The van der Waals surface area contributed by atoms with E-state index in [-0.39, 0.29) is 0 Å². The van der Waals surface area contributed by atoms with Gasteiger partial charge in [-0.2, -0.15) is 0 Å². The number of rotatable bonds is 6. The highest BCUT2D eigenvalue weighted by atomic mass is 127. The Kier molecular flexibility index (Phi) is 6.16. The molecule has 1 aliphatic carbocycles. The van der Waals surface area contributed by atoms with E-state index in [1.165, 1.54) is 22.8 Å². The van der Waals surface area contributed by atoms with Gasteiger partial charge < -0.3 is 9.47 Å². The average molecular weight is 324 g/mol. The summed E-state index contributed by atoms with van der Waals surface area (Å²) in [5.41, 5.74) is 1.25. The zero-order valence-corrected chi connectivity index (χ0v) is 11.8. The third kappa shape index (κ3) is 3.71. The highest BCUT2D eigenvalue weighted by Crippen LogP contribution is 2.41. The largest absolute Gasteiger partial charge is 0.359 e. The average Bonchev–Trinajstić information content (AvgIpc) is 2.59. The van der Waals surface area contributed by atoms with Crippen molar-refractivity contribution in [3.05, 3.63) is 12.2 Å². The maximum atomic E-state index is 5.36. The Morgan fingerprint density at radius 2 is 2.20 bits per heavy atom. The molecule has 0 bridgehead atoms. The lowest BCUT2D eigenvalue weighted by molar-refractivity contribution is -0.0233. The van der Waals surface area contributed by atoms with Crippen LogP contribution in [0.3, 0.4) is 0 Å². The van der Waals surface area contributed by atoms with E-state index in [0.717, 1.165) is 11.8 Å². The molecule has 0 aromatic carbocycles. The molecule has 0 aromatic rings. The molecule has 0 radical (unpaired) electrons. The number of hydrogen-bond donors (Lipinski definition) is 0. The minimum atomic E-state index is 0.371. The number of hydrogen-bond acceptors (Lipinski definition) is 2. The second-order valence-electron chi connectivity index (χ2n) is 4.39. The van der Waals surface area contributed by atoms with Crippen molar-refractivity contribution >= 4 is 22.6 Å². The maximum absolute atomic E-state index is 5.36. The van der Waals surface area contributed by atoms with E-state index in [2.05, 4.69) is 36.1 Å². The van der Waals surface area contributed by atoms with Crippen molar-refractivity contribution in [2.45, 2.75) is 19.8 Å². The maximum Gasteiger partial charge on any atom is 0.146 e.